The molecular formula is C23H23N3O5. The number of hydrogen-bond donors (Lipinski definition) is 0. The van der Waals surface area contributed by atoms with Crippen molar-refractivity contribution in [2.75, 3.05) is 13.3 Å². The van der Waals surface area contributed by atoms with Gasteiger partial charge in [0.15, 0.2) is 17.3 Å². The molecule has 5 rings (SSSR count). The number of carbonyl (C=O) groups is 1. The number of ether oxygens (including phenoxy) is 3. The van der Waals surface area contributed by atoms with Gasteiger partial charge in [-0.3, -0.25) is 4.79 Å². The Balaban J connectivity index is 1.25. The van der Waals surface area contributed by atoms with Gasteiger partial charge in [0.1, 0.15) is 5.75 Å². The van der Waals surface area contributed by atoms with Crippen LogP contribution in [0.3, 0.4) is 0 Å². The average molecular weight is 421 g/mol. The molecule has 1 aromatic heterocycles. The molecule has 1 fully saturated rings. The van der Waals surface area contributed by atoms with Crippen molar-refractivity contribution in [3.63, 3.8) is 0 Å². The summed E-state index contributed by atoms with van der Waals surface area (Å²) in [5.41, 5.74) is 1.81. The van der Waals surface area contributed by atoms with Crippen LogP contribution in [0.1, 0.15) is 37.6 Å². The van der Waals surface area contributed by atoms with Crippen molar-refractivity contribution in [3.8, 4) is 28.7 Å². The van der Waals surface area contributed by atoms with E-state index >= 15 is 0 Å². The zero-order chi connectivity index (χ0) is 21.4. The number of carbonyl (C=O) groups excluding carboxylic acids is 1. The van der Waals surface area contributed by atoms with Crippen LogP contribution >= 0.6 is 0 Å². The molecule has 1 atom stereocenters. The number of amides is 1. The second-order valence-corrected chi connectivity index (χ2v) is 8.01. The zero-order valence-corrected chi connectivity index (χ0v) is 17.4. The minimum absolute atomic E-state index is 0.0851. The SMILES string of the molecule is CC(C)Oc1ccc(CN2CC(c3noc(-c4ccc5c(c4)OCO5)n3)CC2=O)cc1. The topological polar surface area (TPSA) is 86.9 Å². The molecule has 2 aromatic carbocycles. The minimum atomic E-state index is -0.0949. The molecule has 160 valence electrons. The van der Waals surface area contributed by atoms with E-state index in [1.54, 1.807) is 0 Å². The van der Waals surface area contributed by atoms with Gasteiger partial charge in [0, 0.05) is 31.0 Å². The molecule has 2 aliphatic rings. The van der Waals surface area contributed by atoms with Crippen LogP contribution in [0, 0.1) is 0 Å². The quantitative estimate of drug-likeness (QED) is 0.599. The van der Waals surface area contributed by atoms with Gasteiger partial charge in [0.2, 0.25) is 12.7 Å². The van der Waals surface area contributed by atoms with E-state index in [4.69, 9.17) is 18.7 Å². The fraction of sp³-hybridized carbons (Fsp3) is 0.348. The number of nitrogens with zero attached hydrogens (tertiary/aromatic N) is 3. The van der Waals surface area contributed by atoms with Crippen molar-refractivity contribution in [1.29, 1.82) is 0 Å². The fourth-order valence-electron chi connectivity index (χ4n) is 3.81. The minimum Gasteiger partial charge on any atom is -0.491 e. The third-order valence-corrected chi connectivity index (χ3v) is 5.31. The molecule has 1 amide bonds. The summed E-state index contributed by atoms with van der Waals surface area (Å²) in [6.45, 7) is 5.30. The Kier molecular flexibility index (Phi) is 4.97. The molecule has 0 radical (unpaired) electrons. The number of rotatable bonds is 6. The van der Waals surface area contributed by atoms with Crippen LogP contribution in [0.5, 0.6) is 17.2 Å². The van der Waals surface area contributed by atoms with Crippen molar-refractivity contribution in [3.05, 3.63) is 53.9 Å². The Morgan fingerprint density at radius 3 is 2.74 bits per heavy atom. The standard InChI is InChI=1S/C23H23N3O5/c1-14(2)30-18-6-3-15(4-7-18)11-26-12-17(10-21(26)27)22-24-23(31-25-22)16-5-8-19-20(9-16)29-13-28-19/h3-9,14,17H,10-13H2,1-2H3. The van der Waals surface area contributed by atoms with E-state index in [1.807, 2.05) is 61.2 Å². The van der Waals surface area contributed by atoms with E-state index in [9.17, 15) is 4.79 Å². The first-order valence-corrected chi connectivity index (χ1v) is 10.3. The normalized spacial score (nSPS) is 17.6. The molecule has 3 heterocycles. The summed E-state index contributed by atoms with van der Waals surface area (Å²) in [7, 11) is 0. The van der Waals surface area contributed by atoms with E-state index < -0.39 is 0 Å². The summed E-state index contributed by atoms with van der Waals surface area (Å²) < 4.78 is 21.9. The highest BCUT2D eigenvalue weighted by atomic mass is 16.7. The van der Waals surface area contributed by atoms with Crippen LogP contribution in [-0.2, 0) is 11.3 Å². The summed E-state index contributed by atoms with van der Waals surface area (Å²) in [6.07, 6.45) is 0.499. The number of aromatic nitrogens is 2. The van der Waals surface area contributed by atoms with Crippen molar-refractivity contribution in [1.82, 2.24) is 15.0 Å². The third-order valence-electron chi connectivity index (χ3n) is 5.31. The van der Waals surface area contributed by atoms with Crippen LogP contribution in [0.4, 0.5) is 0 Å². The fourth-order valence-corrected chi connectivity index (χ4v) is 3.81. The first kappa shape index (κ1) is 19.4. The summed E-state index contributed by atoms with van der Waals surface area (Å²) >= 11 is 0. The molecule has 0 saturated carbocycles. The van der Waals surface area contributed by atoms with Gasteiger partial charge in [0.25, 0.3) is 5.89 Å². The molecule has 8 heteroatoms. The molecule has 0 N–H and O–H groups in total. The molecule has 1 unspecified atom stereocenters. The van der Waals surface area contributed by atoms with Gasteiger partial charge in [-0.1, -0.05) is 17.3 Å². The Morgan fingerprint density at radius 2 is 1.94 bits per heavy atom. The molecule has 3 aromatic rings. The lowest BCUT2D eigenvalue weighted by atomic mass is 10.1. The first-order valence-electron chi connectivity index (χ1n) is 10.3. The lowest BCUT2D eigenvalue weighted by Gasteiger charge is -2.17. The van der Waals surface area contributed by atoms with Gasteiger partial charge >= 0.3 is 0 Å². The third kappa shape index (κ3) is 4.05. The molecule has 2 aliphatic heterocycles. The highest BCUT2D eigenvalue weighted by Crippen LogP contribution is 2.36. The van der Waals surface area contributed by atoms with Crippen LogP contribution < -0.4 is 14.2 Å². The van der Waals surface area contributed by atoms with E-state index in [1.165, 1.54) is 0 Å². The maximum Gasteiger partial charge on any atom is 0.258 e. The number of fused-ring (bicyclic) bond motifs is 1. The van der Waals surface area contributed by atoms with Gasteiger partial charge in [0.05, 0.1) is 6.10 Å². The lowest BCUT2D eigenvalue weighted by Crippen LogP contribution is -2.24. The Morgan fingerprint density at radius 1 is 1.13 bits per heavy atom. The lowest BCUT2D eigenvalue weighted by molar-refractivity contribution is -0.128. The van der Waals surface area contributed by atoms with Crippen molar-refractivity contribution >= 4 is 5.91 Å². The summed E-state index contributed by atoms with van der Waals surface area (Å²) in [5, 5.41) is 4.13. The monoisotopic (exact) mass is 421 g/mol. The van der Waals surface area contributed by atoms with Crippen molar-refractivity contribution in [2.45, 2.75) is 38.8 Å². The molecule has 8 nitrogen and oxygen atoms in total. The molecule has 0 bridgehead atoms. The number of benzene rings is 2. The predicted octanol–water partition coefficient (Wildman–Crippen LogP) is 3.77. The van der Waals surface area contributed by atoms with Gasteiger partial charge in [-0.15, -0.1) is 0 Å². The second kappa shape index (κ2) is 7.94. The van der Waals surface area contributed by atoms with Crippen molar-refractivity contribution < 1.29 is 23.5 Å². The Hall–Kier alpha value is -3.55. The predicted molar refractivity (Wildman–Crippen MR) is 111 cm³/mol. The van der Waals surface area contributed by atoms with Crippen molar-refractivity contribution in [2.24, 2.45) is 0 Å². The maximum atomic E-state index is 12.6. The van der Waals surface area contributed by atoms with Crippen LogP contribution in [-0.4, -0.2) is 40.4 Å². The highest BCUT2D eigenvalue weighted by molar-refractivity contribution is 5.79. The van der Waals surface area contributed by atoms with Crippen LogP contribution in [0.15, 0.2) is 47.0 Å². The van der Waals surface area contributed by atoms with E-state index in [0.717, 1.165) is 16.9 Å². The first-order chi connectivity index (χ1) is 15.0. The smallest absolute Gasteiger partial charge is 0.258 e. The molecule has 0 spiro atoms. The van der Waals surface area contributed by atoms with Crippen LogP contribution in [0.25, 0.3) is 11.5 Å². The van der Waals surface area contributed by atoms with Gasteiger partial charge in [-0.2, -0.15) is 4.98 Å². The maximum absolute atomic E-state index is 12.6. The van der Waals surface area contributed by atoms with E-state index in [0.29, 0.717) is 42.7 Å². The summed E-state index contributed by atoms with van der Waals surface area (Å²) in [6, 6.07) is 13.3. The molecule has 31 heavy (non-hydrogen) atoms. The molecule has 1 saturated heterocycles. The summed E-state index contributed by atoms with van der Waals surface area (Å²) in [4.78, 5) is 18.9. The largest absolute Gasteiger partial charge is 0.491 e. The molecular weight excluding hydrogens is 398 g/mol. The highest BCUT2D eigenvalue weighted by Gasteiger charge is 2.34. The summed E-state index contributed by atoms with van der Waals surface area (Å²) in [5.74, 6) is 3.12. The van der Waals surface area contributed by atoms with Crippen LogP contribution in [0.2, 0.25) is 0 Å². The van der Waals surface area contributed by atoms with Gasteiger partial charge in [-0.05, 0) is 49.7 Å². The number of likely N-dealkylation sites (tertiary alicyclic amines) is 1. The second-order valence-electron chi connectivity index (χ2n) is 8.01. The average Bonchev–Trinajstić information content (AvgIpc) is 3.48. The Labute approximate surface area is 179 Å². The Bertz CT molecular complexity index is 1090. The number of hydrogen-bond acceptors (Lipinski definition) is 7. The zero-order valence-electron chi connectivity index (χ0n) is 17.4. The van der Waals surface area contributed by atoms with Gasteiger partial charge in [-0.25, -0.2) is 0 Å². The molecule has 0 aliphatic carbocycles. The van der Waals surface area contributed by atoms with E-state index in [-0.39, 0.29) is 24.7 Å². The van der Waals surface area contributed by atoms with Gasteiger partial charge < -0.3 is 23.6 Å². The van der Waals surface area contributed by atoms with E-state index in [2.05, 4.69) is 10.1 Å².